The number of amides is 2. The van der Waals surface area contributed by atoms with E-state index >= 15 is 0 Å². The summed E-state index contributed by atoms with van der Waals surface area (Å²) in [6, 6.07) is 0. The van der Waals surface area contributed by atoms with Gasteiger partial charge in [0, 0.05) is 52.3 Å². The number of hydrogen-bond donors (Lipinski definition) is 4. The quantitative estimate of drug-likeness (QED) is 0.180. The molecule has 0 aliphatic carbocycles. The molecule has 6 nitrogen and oxygen atoms in total. The van der Waals surface area contributed by atoms with Gasteiger partial charge in [0.15, 0.2) is 0 Å². The molecule has 0 spiro atoms. The average molecular weight is 447 g/mol. The molecule has 7 heteroatoms. The predicted octanol–water partition coefficient (Wildman–Crippen LogP) is -0.633. The van der Waals surface area contributed by atoms with Gasteiger partial charge in [-0.2, -0.15) is 6.42 Å². The van der Waals surface area contributed by atoms with Crippen molar-refractivity contribution in [3.8, 4) is 0 Å². The Morgan fingerprint density at radius 3 is 2.25 bits per heavy atom. The Morgan fingerprint density at radius 1 is 1.19 bits per heavy atom. The second-order valence-electron chi connectivity index (χ2n) is 3.31. The van der Waals surface area contributed by atoms with Crippen LogP contribution in [0.1, 0.15) is 32.1 Å². The maximum atomic E-state index is 11.3. The fraction of sp³-hybridized carbons (Fsp3) is 0.667. The molecule has 92 valence electrons. The van der Waals surface area contributed by atoms with Crippen molar-refractivity contribution in [3.05, 3.63) is 6.92 Å². The first-order valence-corrected chi connectivity index (χ1v) is 4.94. The van der Waals surface area contributed by atoms with Gasteiger partial charge in [-0.15, -0.1) is 0 Å². The molecule has 1 unspecified atom stereocenters. The van der Waals surface area contributed by atoms with E-state index in [9.17, 15) is 9.59 Å². The Hall–Kier alpha value is 0.185. The Bertz CT molecular complexity index is 214. The smallest absolute Gasteiger partial charge is 0.236 e. The summed E-state index contributed by atoms with van der Waals surface area (Å²) in [5.74, 6) is 9.37. The molecular formula is C9H19N4O2Th-. The Kier molecular flexibility index (Phi) is 13.5. The number of carbonyl (C=O) groups excluding carboxylic acids is 2. The number of nitrogens with one attached hydrogen (secondary N) is 2. The van der Waals surface area contributed by atoms with Gasteiger partial charge in [-0.1, -0.05) is 6.42 Å². The van der Waals surface area contributed by atoms with Crippen molar-refractivity contribution >= 4 is 11.8 Å². The molecule has 0 fully saturated rings. The van der Waals surface area contributed by atoms with Gasteiger partial charge in [-0.05, 0) is 12.8 Å². The van der Waals surface area contributed by atoms with Crippen LogP contribution < -0.4 is 22.5 Å². The minimum atomic E-state index is -0.225. The van der Waals surface area contributed by atoms with E-state index < -0.39 is 0 Å². The normalized spacial score (nSPS) is 11.2. The summed E-state index contributed by atoms with van der Waals surface area (Å²) in [6.07, 6.45) is 2.89. The molecule has 0 aromatic carbocycles. The number of hydrogen-bond acceptors (Lipinski definition) is 4. The van der Waals surface area contributed by atoms with Crippen molar-refractivity contribution < 1.29 is 49.5 Å². The van der Waals surface area contributed by atoms with Crippen LogP contribution in [0, 0.1) is 52.8 Å². The van der Waals surface area contributed by atoms with E-state index in [1.165, 1.54) is 0 Å². The van der Waals surface area contributed by atoms with E-state index in [0.717, 1.165) is 0 Å². The number of nitrogens with two attached hydrogens (primary N) is 2. The van der Waals surface area contributed by atoms with Crippen molar-refractivity contribution in [2.24, 2.45) is 17.6 Å². The maximum Gasteiger partial charge on any atom is 0.236 e. The third-order valence-electron chi connectivity index (χ3n) is 2.18. The number of rotatable bonds is 7. The molecule has 0 saturated carbocycles. The van der Waals surface area contributed by atoms with Gasteiger partial charge in [-0.3, -0.25) is 20.4 Å². The molecule has 0 radical (unpaired) electrons. The van der Waals surface area contributed by atoms with E-state index in [2.05, 4.69) is 12.3 Å². The van der Waals surface area contributed by atoms with Crippen LogP contribution in [0.4, 0.5) is 0 Å². The van der Waals surface area contributed by atoms with Crippen LogP contribution >= 0.6 is 0 Å². The molecule has 0 aromatic rings. The first-order valence-electron chi connectivity index (χ1n) is 4.94. The molecule has 1 atom stereocenters. The third kappa shape index (κ3) is 8.35. The van der Waals surface area contributed by atoms with Crippen LogP contribution in [0.15, 0.2) is 0 Å². The Labute approximate surface area is 128 Å². The molecule has 0 bridgehead atoms. The van der Waals surface area contributed by atoms with E-state index in [0.29, 0.717) is 32.1 Å². The van der Waals surface area contributed by atoms with Gasteiger partial charge in [-0.25, -0.2) is 11.7 Å². The topological polar surface area (TPSA) is 110 Å². The monoisotopic (exact) mass is 447 g/mol. The van der Waals surface area contributed by atoms with Gasteiger partial charge in [0.05, 0.1) is 0 Å². The molecule has 0 aliphatic heterocycles. The van der Waals surface area contributed by atoms with E-state index in [1.54, 1.807) is 0 Å². The fourth-order valence-corrected chi connectivity index (χ4v) is 1.35. The summed E-state index contributed by atoms with van der Waals surface area (Å²) in [6.45, 7) is 3.68. The van der Waals surface area contributed by atoms with Crippen molar-refractivity contribution in [2.45, 2.75) is 32.1 Å². The predicted molar refractivity (Wildman–Crippen MR) is 56.6 cm³/mol. The summed E-state index contributed by atoms with van der Waals surface area (Å²) in [4.78, 5) is 22.1. The molecule has 0 heterocycles. The van der Waals surface area contributed by atoms with Crippen LogP contribution in [0.5, 0.6) is 0 Å². The average Bonchev–Trinajstić information content (AvgIpc) is 2.26. The fourth-order valence-electron chi connectivity index (χ4n) is 1.35. The standard InChI is InChI=1S/C9H19N4O2.Th/c1-2-4-7(9(15)13-11)5-3-6-8(14)12-10;/h7H,1-6,10-11H2,(H,12,14)(H,13,15);/q-1;. The maximum absolute atomic E-state index is 11.3. The third-order valence-corrected chi connectivity index (χ3v) is 2.18. The number of hydrazine groups is 2. The SMILES string of the molecule is [CH2-]CCC(CCCC(=O)NN)C(=O)NN.[Th]. The first kappa shape index (κ1) is 18.5. The van der Waals surface area contributed by atoms with E-state index in [1.807, 2.05) is 5.43 Å². The number of carbonyl (C=O) groups is 2. The molecular weight excluding hydrogens is 428 g/mol. The molecule has 16 heavy (non-hydrogen) atoms. The van der Waals surface area contributed by atoms with Crippen LogP contribution in [0.2, 0.25) is 0 Å². The van der Waals surface area contributed by atoms with E-state index in [4.69, 9.17) is 11.7 Å². The van der Waals surface area contributed by atoms with Crippen molar-refractivity contribution in [2.75, 3.05) is 0 Å². The molecule has 0 aromatic heterocycles. The van der Waals surface area contributed by atoms with Crippen LogP contribution in [0.25, 0.3) is 0 Å². The van der Waals surface area contributed by atoms with Gasteiger partial charge in [0.1, 0.15) is 0 Å². The Morgan fingerprint density at radius 2 is 1.81 bits per heavy atom. The second-order valence-corrected chi connectivity index (χ2v) is 3.31. The van der Waals surface area contributed by atoms with Gasteiger partial charge >= 0.3 is 0 Å². The minimum Gasteiger partial charge on any atom is -0.343 e. The first-order chi connectivity index (χ1) is 7.15. The summed E-state index contributed by atoms with van der Waals surface area (Å²) in [5, 5.41) is 0. The van der Waals surface area contributed by atoms with Crippen molar-refractivity contribution in [1.82, 2.24) is 10.9 Å². The largest absolute Gasteiger partial charge is 0.343 e. The Balaban J connectivity index is 0. The summed E-state index contributed by atoms with van der Waals surface area (Å²) >= 11 is 0. The van der Waals surface area contributed by atoms with Gasteiger partial charge < -0.3 is 6.92 Å². The van der Waals surface area contributed by atoms with Gasteiger partial charge in [0.2, 0.25) is 11.8 Å². The molecule has 0 aliphatic rings. The summed E-state index contributed by atoms with van der Waals surface area (Å²) < 4.78 is 0. The molecule has 0 rings (SSSR count). The van der Waals surface area contributed by atoms with E-state index in [-0.39, 0.29) is 57.7 Å². The summed E-state index contributed by atoms with van der Waals surface area (Å²) in [7, 11) is 0. The van der Waals surface area contributed by atoms with Crippen LogP contribution in [-0.4, -0.2) is 11.8 Å². The van der Waals surface area contributed by atoms with Gasteiger partial charge in [0.25, 0.3) is 0 Å². The zero-order valence-corrected chi connectivity index (χ0v) is 13.4. The molecule has 0 saturated heterocycles. The van der Waals surface area contributed by atoms with Crippen LogP contribution in [-0.2, 0) is 9.59 Å². The van der Waals surface area contributed by atoms with Crippen LogP contribution in [0.3, 0.4) is 0 Å². The summed E-state index contributed by atoms with van der Waals surface area (Å²) in [5.41, 5.74) is 4.15. The zero-order chi connectivity index (χ0) is 11.7. The molecule has 2 amide bonds. The molecule has 6 N–H and O–H groups in total. The second kappa shape index (κ2) is 11.7. The van der Waals surface area contributed by atoms with Crippen molar-refractivity contribution in [3.63, 3.8) is 0 Å². The van der Waals surface area contributed by atoms with Crippen molar-refractivity contribution in [1.29, 1.82) is 0 Å². The minimum absolute atomic E-state index is 0. The zero-order valence-electron chi connectivity index (χ0n) is 9.29.